The van der Waals surface area contributed by atoms with E-state index in [1.165, 1.54) is 10.4 Å². The average molecular weight is 378 g/mol. The summed E-state index contributed by atoms with van der Waals surface area (Å²) in [7, 11) is 1.67. The number of benzene rings is 1. The van der Waals surface area contributed by atoms with Crippen molar-refractivity contribution >= 4 is 23.7 Å². The first-order valence-electron chi connectivity index (χ1n) is 7.97. The van der Waals surface area contributed by atoms with Crippen molar-refractivity contribution in [3.63, 3.8) is 0 Å². The normalized spacial score (nSPS) is 15.3. The molecule has 25 heavy (non-hydrogen) atoms. The van der Waals surface area contributed by atoms with Crippen LogP contribution in [-0.2, 0) is 5.54 Å². The Morgan fingerprint density at radius 1 is 1.24 bits per heavy atom. The van der Waals surface area contributed by atoms with Crippen molar-refractivity contribution < 1.29 is 9.26 Å². The van der Waals surface area contributed by atoms with Gasteiger partial charge in [0.15, 0.2) is 5.82 Å². The van der Waals surface area contributed by atoms with Crippen LogP contribution in [0.5, 0.6) is 5.75 Å². The highest BCUT2D eigenvalue weighted by Crippen LogP contribution is 2.40. The van der Waals surface area contributed by atoms with E-state index in [2.05, 4.69) is 35.3 Å². The number of halogens is 1. The van der Waals surface area contributed by atoms with Gasteiger partial charge in [-0.3, -0.25) is 0 Å². The first kappa shape index (κ1) is 17.9. The lowest BCUT2D eigenvalue weighted by molar-refractivity contribution is 0.229. The first-order chi connectivity index (χ1) is 11.6. The van der Waals surface area contributed by atoms with Gasteiger partial charge in [0.25, 0.3) is 5.89 Å². The van der Waals surface area contributed by atoms with Crippen molar-refractivity contribution in [2.75, 3.05) is 7.11 Å². The van der Waals surface area contributed by atoms with Crippen molar-refractivity contribution in [2.45, 2.75) is 31.7 Å². The summed E-state index contributed by atoms with van der Waals surface area (Å²) in [5.74, 6) is 2.03. The largest absolute Gasteiger partial charge is 0.497 e. The first-order valence-corrected chi connectivity index (χ1v) is 8.79. The highest BCUT2D eigenvalue weighted by molar-refractivity contribution is 7.15. The van der Waals surface area contributed by atoms with Crippen LogP contribution in [0.1, 0.15) is 30.0 Å². The van der Waals surface area contributed by atoms with E-state index in [4.69, 9.17) is 15.0 Å². The van der Waals surface area contributed by atoms with Gasteiger partial charge in [-0.25, -0.2) is 0 Å². The lowest BCUT2D eigenvalue weighted by Gasteiger charge is -2.34. The summed E-state index contributed by atoms with van der Waals surface area (Å²) in [5, 5.41) is 4.10. The maximum absolute atomic E-state index is 6.28. The smallest absolute Gasteiger partial charge is 0.268 e. The quantitative estimate of drug-likeness (QED) is 0.722. The number of thiophene rings is 1. The number of hydrogen-bond donors (Lipinski definition) is 1. The fourth-order valence-corrected chi connectivity index (χ4v) is 3.92. The molecule has 2 heterocycles. The topological polar surface area (TPSA) is 74.2 Å². The van der Waals surface area contributed by atoms with E-state index in [-0.39, 0.29) is 12.4 Å². The molecule has 0 amide bonds. The number of aryl methyl sites for hydroxylation is 1. The minimum Gasteiger partial charge on any atom is -0.497 e. The van der Waals surface area contributed by atoms with E-state index >= 15 is 0 Å². The lowest BCUT2D eigenvalue weighted by Crippen LogP contribution is -2.44. The molecule has 2 N–H and O–H groups in total. The van der Waals surface area contributed by atoms with E-state index in [1.807, 2.05) is 12.1 Å². The zero-order valence-electron chi connectivity index (χ0n) is 14.1. The van der Waals surface area contributed by atoms with Gasteiger partial charge in [-0.05, 0) is 55.5 Å². The molecule has 0 saturated heterocycles. The molecule has 3 aromatic rings. The third-order valence-electron chi connectivity index (χ3n) is 4.65. The number of aromatic nitrogens is 2. The van der Waals surface area contributed by atoms with Crippen LogP contribution in [0.4, 0.5) is 0 Å². The number of nitrogens with two attached hydrogens (primary N) is 1. The van der Waals surface area contributed by atoms with Crippen molar-refractivity contribution in [3.05, 3.63) is 41.0 Å². The molecule has 0 radical (unpaired) electrons. The second-order valence-corrected chi connectivity index (χ2v) is 7.50. The van der Waals surface area contributed by atoms with Crippen LogP contribution in [0.15, 0.2) is 34.9 Å². The van der Waals surface area contributed by atoms with Crippen molar-refractivity contribution in [3.8, 4) is 27.6 Å². The van der Waals surface area contributed by atoms with Gasteiger partial charge in [0.05, 0.1) is 17.5 Å². The number of rotatable bonds is 4. The fraction of sp³-hybridized carbons (Fsp3) is 0.333. The molecular weight excluding hydrogens is 358 g/mol. The Labute approximate surface area is 156 Å². The molecule has 5 nitrogen and oxygen atoms in total. The van der Waals surface area contributed by atoms with Crippen molar-refractivity contribution in [2.24, 2.45) is 5.73 Å². The molecule has 1 fully saturated rings. The van der Waals surface area contributed by atoms with Gasteiger partial charge < -0.3 is 15.0 Å². The Morgan fingerprint density at radius 2 is 1.96 bits per heavy atom. The van der Waals surface area contributed by atoms with Gasteiger partial charge in [-0.2, -0.15) is 4.98 Å². The second-order valence-electron chi connectivity index (χ2n) is 6.24. The average Bonchev–Trinajstić information content (AvgIpc) is 3.20. The van der Waals surface area contributed by atoms with Crippen LogP contribution in [0, 0.1) is 6.92 Å². The van der Waals surface area contributed by atoms with Crippen molar-refractivity contribution in [1.82, 2.24) is 10.1 Å². The zero-order valence-corrected chi connectivity index (χ0v) is 15.7. The Balaban J connectivity index is 0.00000182. The van der Waals surface area contributed by atoms with E-state index in [1.54, 1.807) is 18.4 Å². The maximum atomic E-state index is 6.28. The van der Waals surface area contributed by atoms with E-state index < -0.39 is 5.54 Å². The van der Waals surface area contributed by atoms with Gasteiger partial charge in [-0.15, -0.1) is 23.7 Å². The minimum atomic E-state index is -0.396. The number of methoxy groups -OCH3 is 1. The molecule has 4 rings (SSSR count). The lowest BCUT2D eigenvalue weighted by atomic mass is 9.77. The molecule has 0 aliphatic heterocycles. The molecule has 1 saturated carbocycles. The molecule has 1 aromatic carbocycles. The molecule has 0 spiro atoms. The predicted octanol–water partition coefficient (Wildman–Crippen LogP) is 4.54. The molecular formula is C18H20ClN3O2S. The summed E-state index contributed by atoms with van der Waals surface area (Å²) in [4.78, 5) is 6.72. The molecule has 0 atom stereocenters. The van der Waals surface area contributed by atoms with Gasteiger partial charge in [-0.1, -0.05) is 17.3 Å². The predicted molar refractivity (Wildman–Crippen MR) is 101 cm³/mol. The number of hydrogen-bond acceptors (Lipinski definition) is 6. The van der Waals surface area contributed by atoms with Gasteiger partial charge in [0.1, 0.15) is 5.75 Å². The Morgan fingerprint density at radius 3 is 2.56 bits per heavy atom. The zero-order chi connectivity index (χ0) is 16.7. The van der Waals surface area contributed by atoms with Crippen LogP contribution in [-0.4, -0.2) is 17.3 Å². The van der Waals surface area contributed by atoms with Crippen LogP contribution in [0.2, 0.25) is 0 Å². The Hall–Kier alpha value is -1.89. The molecule has 1 aliphatic carbocycles. The maximum Gasteiger partial charge on any atom is 0.268 e. The molecule has 2 aromatic heterocycles. The summed E-state index contributed by atoms with van der Waals surface area (Å²) in [6.45, 7) is 2.10. The highest BCUT2D eigenvalue weighted by Gasteiger charge is 2.39. The van der Waals surface area contributed by atoms with E-state index in [0.29, 0.717) is 11.7 Å². The molecule has 132 valence electrons. The third kappa shape index (κ3) is 3.17. The number of ether oxygens (including phenoxy) is 1. The third-order valence-corrected chi connectivity index (χ3v) is 5.69. The monoisotopic (exact) mass is 377 g/mol. The summed E-state index contributed by atoms with van der Waals surface area (Å²) < 4.78 is 10.7. The summed E-state index contributed by atoms with van der Waals surface area (Å²) in [5.41, 5.74) is 8.19. The van der Waals surface area contributed by atoms with Gasteiger partial charge in [0, 0.05) is 4.88 Å². The van der Waals surface area contributed by atoms with E-state index in [9.17, 15) is 0 Å². The van der Waals surface area contributed by atoms with Crippen LogP contribution in [0.3, 0.4) is 0 Å². The Kier molecular flexibility index (Phi) is 4.86. The Bertz CT molecular complexity index is 869. The van der Waals surface area contributed by atoms with Crippen LogP contribution in [0.25, 0.3) is 21.9 Å². The number of nitrogens with zero attached hydrogens (tertiary/aromatic N) is 2. The highest BCUT2D eigenvalue weighted by atomic mass is 35.5. The van der Waals surface area contributed by atoms with Crippen molar-refractivity contribution in [1.29, 1.82) is 0 Å². The molecule has 7 heteroatoms. The minimum absolute atomic E-state index is 0. The van der Waals surface area contributed by atoms with Gasteiger partial charge in [0.2, 0.25) is 0 Å². The molecule has 0 bridgehead atoms. The standard InChI is InChI=1S/C18H19N3O2S.ClH/c1-11-14(12-4-6-13(22-2)7-5-12)10-15(24-11)16-20-17(21-23-16)18(19)8-3-9-18;/h4-7,10H,3,8-9,19H2,1-2H3;1H. The molecule has 0 unspecified atom stereocenters. The van der Waals surface area contributed by atoms with Gasteiger partial charge >= 0.3 is 0 Å². The SMILES string of the molecule is COc1ccc(-c2cc(-c3nc(C4(N)CCC4)no3)sc2C)cc1.Cl. The van der Waals surface area contributed by atoms with Crippen LogP contribution >= 0.6 is 23.7 Å². The summed E-state index contributed by atoms with van der Waals surface area (Å²) >= 11 is 1.65. The second kappa shape index (κ2) is 6.78. The molecule has 1 aliphatic rings. The van der Waals surface area contributed by atoms with E-state index in [0.717, 1.165) is 35.5 Å². The summed E-state index contributed by atoms with van der Waals surface area (Å²) in [6.07, 6.45) is 2.97. The van der Waals surface area contributed by atoms with Crippen LogP contribution < -0.4 is 10.5 Å². The summed E-state index contributed by atoms with van der Waals surface area (Å²) in [6, 6.07) is 10.1. The fourth-order valence-electron chi connectivity index (χ4n) is 2.95.